The van der Waals surface area contributed by atoms with Gasteiger partial charge in [-0.2, -0.15) is 0 Å². The molecule has 1 aromatic rings. The van der Waals surface area contributed by atoms with Crippen LogP contribution in [0.5, 0.6) is 0 Å². The maximum Gasteiger partial charge on any atom is 0.337 e. The molecule has 1 aliphatic heterocycles. The lowest BCUT2D eigenvalue weighted by Crippen LogP contribution is -2.39. The fourth-order valence-electron chi connectivity index (χ4n) is 2.36. The predicted octanol–water partition coefficient (Wildman–Crippen LogP) is 1.87. The third-order valence-electron chi connectivity index (χ3n) is 3.61. The average Bonchev–Trinajstić information content (AvgIpc) is 2.54. The van der Waals surface area contributed by atoms with E-state index in [2.05, 4.69) is 14.8 Å². The summed E-state index contributed by atoms with van der Waals surface area (Å²) in [4.78, 5) is 20.9. The first-order valence-corrected chi connectivity index (χ1v) is 7.97. The molecule has 6 nitrogen and oxygen atoms in total. The monoisotopic (exact) mass is 337 g/mol. The zero-order valence-electron chi connectivity index (χ0n) is 14.7. The Bertz CT molecular complexity index is 521. The number of benzene rings is 1. The van der Waals surface area contributed by atoms with Gasteiger partial charge >= 0.3 is 5.97 Å². The van der Waals surface area contributed by atoms with Gasteiger partial charge in [-0.25, -0.2) is 4.79 Å². The van der Waals surface area contributed by atoms with Gasteiger partial charge in [0.05, 0.1) is 18.8 Å². The second-order valence-corrected chi connectivity index (χ2v) is 6.61. The van der Waals surface area contributed by atoms with Crippen LogP contribution in [0.1, 0.15) is 49.0 Å². The molecule has 134 valence electrons. The van der Waals surface area contributed by atoms with E-state index in [1.54, 1.807) is 12.1 Å². The van der Waals surface area contributed by atoms with Gasteiger partial charge < -0.3 is 19.9 Å². The SMILES string of the molecule is CC(C)(C)OC=O.COC(=O)c1ccc(C2CCNCC2O)cc1. The van der Waals surface area contributed by atoms with Crippen LogP contribution in [-0.2, 0) is 14.3 Å². The summed E-state index contributed by atoms with van der Waals surface area (Å²) >= 11 is 0. The van der Waals surface area contributed by atoms with Crippen molar-refractivity contribution in [2.75, 3.05) is 20.2 Å². The Hall–Kier alpha value is -1.92. The number of aliphatic hydroxyl groups excluding tert-OH is 1. The third-order valence-corrected chi connectivity index (χ3v) is 3.61. The molecule has 1 saturated heterocycles. The van der Waals surface area contributed by atoms with Gasteiger partial charge in [0.1, 0.15) is 5.60 Å². The van der Waals surface area contributed by atoms with Crippen LogP contribution >= 0.6 is 0 Å². The van der Waals surface area contributed by atoms with Gasteiger partial charge in [0.15, 0.2) is 0 Å². The van der Waals surface area contributed by atoms with Gasteiger partial charge in [0.25, 0.3) is 6.47 Å². The molecular formula is C18H27NO5. The summed E-state index contributed by atoms with van der Waals surface area (Å²) in [5.41, 5.74) is 1.30. The molecule has 2 unspecified atom stereocenters. The standard InChI is InChI=1S/C13H17NO3.C5H10O2/c1-17-13(16)10-4-2-9(3-5-10)11-6-7-14-8-12(11)15;1-5(2,3)7-4-6/h2-5,11-12,14-15H,6-8H2,1H3;4H,1-3H3. The molecule has 0 saturated carbocycles. The molecule has 1 fully saturated rings. The summed E-state index contributed by atoms with van der Waals surface area (Å²) in [6.07, 6.45) is 0.561. The first kappa shape index (κ1) is 20.1. The van der Waals surface area contributed by atoms with Crippen molar-refractivity contribution in [1.29, 1.82) is 0 Å². The number of carbonyl (C=O) groups excluding carboxylic acids is 2. The van der Waals surface area contributed by atoms with Crippen LogP contribution in [0.25, 0.3) is 0 Å². The minimum Gasteiger partial charge on any atom is -0.465 e. The van der Waals surface area contributed by atoms with E-state index in [1.807, 2.05) is 32.9 Å². The fraction of sp³-hybridized carbons (Fsp3) is 0.556. The number of carbonyl (C=O) groups is 2. The number of ether oxygens (including phenoxy) is 2. The zero-order valence-corrected chi connectivity index (χ0v) is 14.7. The van der Waals surface area contributed by atoms with Gasteiger partial charge in [-0.15, -0.1) is 0 Å². The van der Waals surface area contributed by atoms with Crippen molar-refractivity contribution in [3.05, 3.63) is 35.4 Å². The van der Waals surface area contributed by atoms with Crippen molar-refractivity contribution in [1.82, 2.24) is 5.32 Å². The maximum atomic E-state index is 11.3. The topological polar surface area (TPSA) is 84.9 Å². The largest absolute Gasteiger partial charge is 0.465 e. The van der Waals surface area contributed by atoms with E-state index in [0.717, 1.165) is 18.5 Å². The van der Waals surface area contributed by atoms with Gasteiger partial charge in [0.2, 0.25) is 0 Å². The molecule has 0 bridgehead atoms. The van der Waals surface area contributed by atoms with Crippen LogP contribution in [-0.4, -0.2) is 49.5 Å². The highest BCUT2D eigenvalue weighted by molar-refractivity contribution is 5.89. The molecule has 24 heavy (non-hydrogen) atoms. The number of β-amino-alcohol motifs (C(OH)–C–C–N with tert-alkyl or cyclic N) is 1. The fourth-order valence-corrected chi connectivity index (χ4v) is 2.36. The summed E-state index contributed by atoms with van der Waals surface area (Å²) < 4.78 is 9.19. The Balaban J connectivity index is 0.000000351. The molecular weight excluding hydrogens is 310 g/mol. The molecule has 1 heterocycles. The Kier molecular flexibility index (Phi) is 7.88. The average molecular weight is 337 g/mol. The summed E-state index contributed by atoms with van der Waals surface area (Å²) in [6.45, 7) is 7.47. The quantitative estimate of drug-likeness (QED) is 0.647. The van der Waals surface area contributed by atoms with E-state index < -0.39 is 0 Å². The summed E-state index contributed by atoms with van der Waals surface area (Å²) in [6, 6.07) is 7.28. The lowest BCUT2D eigenvalue weighted by molar-refractivity contribution is -0.138. The van der Waals surface area contributed by atoms with Crippen LogP contribution in [0, 0.1) is 0 Å². The Labute approximate surface area is 143 Å². The van der Waals surface area contributed by atoms with Crippen molar-refractivity contribution in [3.8, 4) is 0 Å². The first-order chi connectivity index (χ1) is 11.3. The summed E-state index contributed by atoms with van der Waals surface area (Å²) in [5, 5.41) is 13.0. The van der Waals surface area contributed by atoms with E-state index in [9.17, 15) is 14.7 Å². The molecule has 0 spiro atoms. The number of rotatable bonds is 3. The number of hydrogen-bond acceptors (Lipinski definition) is 6. The number of hydrogen-bond donors (Lipinski definition) is 2. The second-order valence-electron chi connectivity index (χ2n) is 6.61. The normalized spacial score (nSPS) is 20.4. The first-order valence-electron chi connectivity index (χ1n) is 7.97. The molecule has 0 aromatic heterocycles. The molecule has 6 heteroatoms. The third kappa shape index (κ3) is 6.68. The van der Waals surface area contributed by atoms with Crippen LogP contribution < -0.4 is 5.32 Å². The second kappa shape index (κ2) is 9.39. The van der Waals surface area contributed by atoms with Crippen LogP contribution in [0.4, 0.5) is 0 Å². The number of piperidine rings is 1. The van der Waals surface area contributed by atoms with Crippen LogP contribution in [0.15, 0.2) is 24.3 Å². The van der Waals surface area contributed by atoms with Crippen molar-refractivity contribution >= 4 is 12.4 Å². The molecule has 1 aromatic carbocycles. The zero-order chi connectivity index (χ0) is 18.2. The number of esters is 1. The highest BCUT2D eigenvalue weighted by Gasteiger charge is 2.24. The van der Waals surface area contributed by atoms with E-state index in [-0.39, 0.29) is 23.6 Å². The highest BCUT2D eigenvalue weighted by Crippen LogP contribution is 2.25. The predicted molar refractivity (Wildman–Crippen MR) is 90.9 cm³/mol. The van der Waals surface area contributed by atoms with Crippen molar-refractivity contribution in [3.63, 3.8) is 0 Å². The molecule has 2 N–H and O–H groups in total. The Morgan fingerprint density at radius 1 is 1.29 bits per heavy atom. The van der Waals surface area contributed by atoms with Gasteiger partial charge in [-0.05, 0) is 51.4 Å². The van der Waals surface area contributed by atoms with Crippen molar-refractivity contribution < 1.29 is 24.2 Å². The van der Waals surface area contributed by atoms with E-state index >= 15 is 0 Å². The smallest absolute Gasteiger partial charge is 0.337 e. The highest BCUT2D eigenvalue weighted by atomic mass is 16.5. The van der Waals surface area contributed by atoms with Crippen LogP contribution in [0.3, 0.4) is 0 Å². The van der Waals surface area contributed by atoms with E-state index in [1.165, 1.54) is 7.11 Å². The molecule has 2 rings (SSSR count). The number of aliphatic hydroxyl groups is 1. The lowest BCUT2D eigenvalue weighted by Gasteiger charge is -2.28. The molecule has 2 atom stereocenters. The minimum atomic E-state index is -0.354. The van der Waals surface area contributed by atoms with Gasteiger partial charge in [-0.3, -0.25) is 4.79 Å². The Morgan fingerprint density at radius 2 is 1.92 bits per heavy atom. The summed E-state index contributed by atoms with van der Waals surface area (Å²) in [5.74, 6) is -0.176. The lowest BCUT2D eigenvalue weighted by atomic mass is 9.87. The van der Waals surface area contributed by atoms with E-state index in [4.69, 9.17) is 0 Å². The van der Waals surface area contributed by atoms with Crippen molar-refractivity contribution in [2.24, 2.45) is 0 Å². The molecule has 1 aliphatic rings. The minimum absolute atomic E-state index is 0.156. The Morgan fingerprint density at radius 3 is 2.33 bits per heavy atom. The van der Waals surface area contributed by atoms with Crippen molar-refractivity contribution in [2.45, 2.75) is 44.8 Å². The molecule has 0 radical (unpaired) electrons. The van der Waals surface area contributed by atoms with Gasteiger partial charge in [0, 0.05) is 12.5 Å². The molecule has 0 amide bonds. The van der Waals surface area contributed by atoms with Gasteiger partial charge in [-0.1, -0.05) is 12.1 Å². The van der Waals surface area contributed by atoms with E-state index in [0.29, 0.717) is 18.6 Å². The van der Waals surface area contributed by atoms with Crippen LogP contribution in [0.2, 0.25) is 0 Å². The number of nitrogens with one attached hydrogen (secondary N) is 1. The maximum absolute atomic E-state index is 11.3. The number of methoxy groups -OCH3 is 1. The summed E-state index contributed by atoms with van der Waals surface area (Å²) in [7, 11) is 1.37. The molecule has 0 aliphatic carbocycles.